The molecule has 0 aliphatic heterocycles. The van der Waals surface area contributed by atoms with Gasteiger partial charge in [-0.05, 0) is 23.8 Å². The Hall–Kier alpha value is -2.56. The lowest BCUT2D eigenvalue weighted by atomic mass is 10.2. The molecule has 0 fully saturated rings. The standard InChI is InChI=1S/C12H11N3O2/c13-10-3-1-2-9(8-10)4-5-12(16)14-11-6-7-17-15-11/h1-8H,13H2,(H,14,15,16)/b5-4+. The third-order valence-corrected chi connectivity index (χ3v) is 2.03. The predicted molar refractivity (Wildman–Crippen MR) is 65.0 cm³/mol. The second kappa shape index (κ2) is 4.98. The number of benzene rings is 1. The fourth-order valence-electron chi connectivity index (χ4n) is 1.28. The number of aromatic nitrogens is 1. The van der Waals surface area contributed by atoms with E-state index in [1.165, 1.54) is 12.3 Å². The van der Waals surface area contributed by atoms with Gasteiger partial charge in [0.15, 0.2) is 5.82 Å². The highest BCUT2D eigenvalue weighted by molar-refractivity contribution is 6.01. The van der Waals surface area contributed by atoms with Crippen molar-refractivity contribution in [2.75, 3.05) is 11.1 Å². The highest BCUT2D eigenvalue weighted by atomic mass is 16.5. The smallest absolute Gasteiger partial charge is 0.249 e. The van der Waals surface area contributed by atoms with Crippen LogP contribution in [0.3, 0.4) is 0 Å². The minimum atomic E-state index is -0.277. The van der Waals surface area contributed by atoms with E-state index >= 15 is 0 Å². The molecule has 86 valence electrons. The second-order valence-corrected chi connectivity index (χ2v) is 3.38. The molecule has 2 aromatic rings. The summed E-state index contributed by atoms with van der Waals surface area (Å²) in [5.41, 5.74) is 7.14. The second-order valence-electron chi connectivity index (χ2n) is 3.38. The van der Waals surface area contributed by atoms with Gasteiger partial charge < -0.3 is 15.6 Å². The number of carbonyl (C=O) groups is 1. The van der Waals surface area contributed by atoms with E-state index in [-0.39, 0.29) is 5.91 Å². The zero-order chi connectivity index (χ0) is 12.1. The van der Waals surface area contributed by atoms with Crippen LogP contribution in [0.5, 0.6) is 0 Å². The predicted octanol–water partition coefficient (Wildman–Crippen LogP) is 1.91. The topological polar surface area (TPSA) is 81.2 Å². The van der Waals surface area contributed by atoms with Crippen molar-refractivity contribution in [2.24, 2.45) is 0 Å². The number of carbonyl (C=O) groups excluding carboxylic acids is 1. The molecule has 1 amide bonds. The molecule has 0 saturated heterocycles. The molecule has 1 heterocycles. The number of nitrogens with two attached hydrogens (primary N) is 1. The Morgan fingerprint density at radius 3 is 3.00 bits per heavy atom. The van der Waals surface area contributed by atoms with Gasteiger partial charge in [-0.2, -0.15) is 0 Å². The van der Waals surface area contributed by atoms with E-state index in [0.717, 1.165) is 5.56 Å². The van der Waals surface area contributed by atoms with Crippen molar-refractivity contribution in [1.29, 1.82) is 0 Å². The van der Waals surface area contributed by atoms with E-state index in [9.17, 15) is 4.79 Å². The van der Waals surface area contributed by atoms with Crippen molar-refractivity contribution in [2.45, 2.75) is 0 Å². The number of hydrogen-bond donors (Lipinski definition) is 2. The van der Waals surface area contributed by atoms with E-state index in [2.05, 4.69) is 15.0 Å². The molecule has 0 aliphatic carbocycles. The largest absolute Gasteiger partial charge is 0.399 e. The molecule has 3 N–H and O–H groups in total. The first-order valence-corrected chi connectivity index (χ1v) is 4.99. The SMILES string of the molecule is Nc1cccc(/C=C/C(=O)Nc2ccon2)c1. The summed E-state index contributed by atoms with van der Waals surface area (Å²) in [6.45, 7) is 0. The highest BCUT2D eigenvalue weighted by Crippen LogP contribution is 2.08. The van der Waals surface area contributed by atoms with Crippen LogP contribution in [0, 0.1) is 0 Å². The summed E-state index contributed by atoms with van der Waals surface area (Å²) in [5.74, 6) is 0.105. The maximum absolute atomic E-state index is 11.5. The number of nitrogens with zero attached hydrogens (tertiary/aromatic N) is 1. The maximum Gasteiger partial charge on any atom is 0.249 e. The number of rotatable bonds is 3. The van der Waals surface area contributed by atoms with E-state index in [4.69, 9.17) is 5.73 Å². The van der Waals surface area contributed by atoms with Crippen LogP contribution in [0.15, 0.2) is 47.2 Å². The summed E-state index contributed by atoms with van der Waals surface area (Å²) in [7, 11) is 0. The number of anilines is 2. The molecule has 0 spiro atoms. The van der Waals surface area contributed by atoms with Crippen LogP contribution >= 0.6 is 0 Å². The Balaban J connectivity index is 1.99. The third kappa shape index (κ3) is 3.20. The lowest BCUT2D eigenvalue weighted by Crippen LogP contribution is -2.07. The van der Waals surface area contributed by atoms with Crippen LogP contribution in [0.2, 0.25) is 0 Å². The van der Waals surface area contributed by atoms with E-state index in [0.29, 0.717) is 11.5 Å². The average Bonchev–Trinajstić information content (AvgIpc) is 2.79. The monoisotopic (exact) mass is 229 g/mol. The fraction of sp³-hybridized carbons (Fsp3) is 0. The first-order chi connectivity index (χ1) is 8.24. The molecule has 0 atom stereocenters. The Morgan fingerprint density at radius 2 is 2.29 bits per heavy atom. The van der Waals surface area contributed by atoms with Crippen molar-refractivity contribution < 1.29 is 9.32 Å². The van der Waals surface area contributed by atoms with Crippen LogP contribution < -0.4 is 11.1 Å². The third-order valence-electron chi connectivity index (χ3n) is 2.03. The van der Waals surface area contributed by atoms with Gasteiger partial charge in [-0.15, -0.1) is 0 Å². The molecule has 17 heavy (non-hydrogen) atoms. The molecule has 5 heteroatoms. The van der Waals surface area contributed by atoms with Gasteiger partial charge in [0.05, 0.1) is 0 Å². The van der Waals surface area contributed by atoms with Crippen molar-refractivity contribution in [3.8, 4) is 0 Å². The molecule has 0 saturated carbocycles. The highest BCUT2D eigenvalue weighted by Gasteiger charge is 1.99. The summed E-state index contributed by atoms with van der Waals surface area (Å²) in [6.07, 6.45) is 4.46. The van der Waals surface area contributed by atoms with Gasteiger partial charge in [-0.3, -0.25) is 4.79 Å². The van der Waals surface area contributed by atoms with E-state index in [1.807, 2.05) is 12.1 Å². The normalized spacial score (nSPS) is 10.6. The zero-order valence-electron chi connectivity index (χ0n) is 8.96. The number of amides is 1. The molecule has 0 bridgehead atoms. The van der Waals surface area contributed by atoms with E-state index < -0.39 is 0 Å². The van der Waals surface area contributed by atoms with Crippen molar-refractivity contribution in [3.63, 3.8) is 0 Å². The minimum Gasteiger partial charge on any atom is -0.399 e. The molecule has 2 rings (SSSR count). The summed E-state index contributed by atoms with van der Waals surface area (Å²) in [5, 5.41) is 6.11. The first-order valence-electron chi connectivity index (χ1n) is 4.99. The molecule has 1 aromatic heterocycles. The van der Waals surface area contributed by atoms with Gasteiger partial charge >= 0.3 is 0 Å². The van der Waals surface area contributed by atoms with Gasteiger partial charge in [0, 0.05) is 17.8 Å². The Kier molecular flexibility index (Phi) is 3.20. The molecule has 0 aliphatic rings. The van der Waals surface area contributed by atoms with Gasteiger partial charge in [0.25, 0.3) is 0 Å². The number of hydrogen-bond acceptors (Lipinski definition) is 4. The van der Waals surface area contributed by atoms with Crippen LogP contribution in [0.1, 0.15) is 5.56 Å². The lowest BCUT2D eigenvalue weighted by Gasteiger charge is -1.96. The molecule has 0 radical (unpaired) electrons. The fourth-order valence-corrected chi connectivity index (χ4v) is 1.28. The Morgan fingerprint density at radius 1 is 1.41 bits per heavy atom. The summed E-state index contributed by atoms with van der Waals surface area (Å²) in [4.78, 5) is 11.5. The van der Waals surface area contributed by atoms with Gasteiger partial charge in [0.2, 0.25) is 5.91 Å². The number of nitrogen functional groups attached to an aromatic ring is 1. The van der Waals surface area contributed by atoms with Crippen LogP contribution in [0.4, 0.5) is 11.5 Å². The van der Waals surface area contributed by atoms with Crippen molar-refractivity contribution in [1.82, 2.24) is 5.16 Å². The van der Waals surface area contributed by atoms with Gasteiger partial charge in [0.1, 0.15) is 6.26 Å². The molecule has 0 unspecified atom stereocenters. The average molecular weight is 229 g/mol. The first kappa shape index (κ1) is 10.9. The zero-order valence-corrected chi connectivity index (χ0v) is 8.96. The molecule has 1 aromatic carbocycles. The maximum atomic E-state index is 11.5. The Labute approximate surface area is 97.9 Å². The van der Waals surface area contributed by atoms with Crippen molar-refractivity contribution in [3.05, 3.63) is 48.2 Å². The van der Waals surface area contributed by atoms with Crippen LogP contribution in [0.25, 0.3) is 6.08 Å². The molecular formula is C12H11N3O2. The van der Waals surface area contributed by atoms with Crippen LogP contribution in [-0.2, 0) is 4.79 Å². The van der Waals surface area contributed by atoms with Gasteiger partial charge in [-0.25, -0.2) is 0 Å². The molecular weight excluding hydrogens is 218 g/mol. The summed E-state index contributed by atoms with van der Waals surface area (Å²) < 4.78 is 4.59. The lowest BCUT2D eigenvalue weighted by molar-refractivity contribution is -0.111. The van der Waals surface area contributed by atoms with E-state index in [1.54, 1.807) is 24.3 Å². The minimum absolute atomic E-state index is 0.277. The quantitative estimate of drug-likeness (QED) is 0.622. The summed E-state index contributed by atoms with van der Waals surface area (Å²) >= 11 is 0. The van der Waals surface area contributed by atoms with Crippen LogP contribution in [-0.4, -0.2) is 11.1 Å². The Bertz CT molecular complexity index is 532. The number of nitrogens with one attached hydrogen (secondary N) is 1. The van der Waals surface area contributed by atoms with Crippen molar-refractivity contribution >= 4 is 23.5 Å². The molecule has 5 nitrogen and oxygen atoms in total. The van der Waals surface area contributed by atoms with Gasteiger partial charge in [-0.1, -0.05) is 17.3 Å². The summed E-state index contributed by atoms with van der Waals surface area (Å²) in [6, 6.07) is 8.81.